The van der Waals surface area contributed by atoms with E-state index < -0.39 is 0 Å². The van der Waals surface area contributed by atoms with Gasteiger partial charge in [0.15, 0.2) is 6.04 Å². The standard InChI is InChI=1S/C8H18N2OS/c1-5-6-7(8(11)9-12)10(2,3)4/h7H,5-6H2,1-4H3,(H-,9,11,12)/p+1. The Balaban J connectivity index is 4.33. The second-order valence-electron chi connectivity index (χ2n) is 3.90. The maximum Gasteiger partial charge on any atom is 0.287 e. The number of hydrogen-bond donors (Lipinski definition) is 2. The summed E-state index contributed by atoms with van der Waals surface area (Å²) < 4.78 is 3.05. The van der Waals surface area contributed by atoms with Crippen molar-refractivity contribution in [2.45, 2.75) is 25.8 Å². The summed E-state index contributed by atoms with van der Waals surface area (Å²) in [5.74, 6) is 0.00711. The number of nitrogens with one attached hydrogen (secondary N) is 1. The van der Waals surface area contributed by atoms with Gasteiger partial charge in [-0.05, 0) is 6.42 Å². The average Bonchev–Trinajstić information content (AvgIpc) is 1.96. The molecule has 1 atom stereocenters. The molecule has 0 aliphatic carbocycles. The first kappa shape index (κ1) is 11.8. The van der Waals surface area contributed by atoms with Crippen LogP contribution in [0.4, 0.5) is 0 Å². The van der Waals surface area contributed by atoms with E-state index in [0.29, 0.717) is 4.48 Å². The molecule has 0 spiro atoms. The van der Waals surface area contributed by atoms with Gasteiger partial charge in [-0.15, -0.1) is 0 Å². The average molecular weight is 191 g/mol. The minimum atomic E-state index is 0.00694. The van der Waals surface area contributed by atoms with Gasteiger partial charge in [0.25, 0.3) is 5.91 Å². The van der Waals surface area contributed by atoms with Crippen molar-refractivity contribution in [3.63, 3.8) is 0 Å². The van der Waals surface area contributed by atoms with Crippen LogP contribution in [0.3, 0.4) is 0 Å². The highest BCUT2D eigenvalue weighted by atomic mass is 32.1. The van der Waals surface area contributed by atoms with Crippen molar-refractivity contribution in [3.8, 4) is 0 Å². The zero-order chi connectivity index (χ0) is 9.78. The van der Waals surface area contributed by atoms with Crippen LogP contribution in [0.1, 0.15) is 19.8 Å². The lowest BCUT2D eigenvalue weighted by Gasteiger charge is -2.32. The fourth-order valence-electron chi connectivity index (χ4n) is 1.22. The van der Waals surface area contributed by atoms with Crippen LogP contribution in [-0.4, -0.2) is 37.6 Å². The first-order chi connectivity index (χ1) is 5.43. The van der Waals surface area contributed by atoms with Gasteiger partial charge in [-0.2, -0.15) is 0 Å². The first-order valence-corrected chi connectivity index (χ1v) is 4.63. The molecular weight excluding hydrogens is 172 g/mol. The Labute approximate surface area is 80.3 Å². The number of amides is 1. The minimum Gasteiger partial charge on any atom is -0.321 e. The van der Waals surface area contributed by atoms with Crippen molar-refractivity contribution >= 4 is 18.7 Å². The molecule has 1 N–H and O–H groups in total. The molecule has 0 aromatic heterocycles. The maximum absolute atomic E-state index is 11.3. The Hall–Kier alpha value is -0.220. The van der Waals surface area contributed by atoms with E-state index in [2.05, 4.69) is 24.5 Å². The predicted octanol–water partition coefficient (Wildman–Crippen LogP) is 0.822. The van der Waals surface area contributed by atoms with Crippen LogP contribution < -0.4 is 4.72 Å². The van der Waals surface area contributed by atoms with Crippen LogP contribution in [0.5, 0.6) is 0 Å². The van der Waals surface area contributed by atoms with E-state index in [4.69, 9.17) is 0 Å². The lowest BCUT2D eigenvalue weighted by molar-refractivity contribution is -0.886. The molecule has 12 heavy (non-hydrogen) atoms. The van der Waals surface area contributed by atoms with Crippen LogP contribution in [0.15, 0.2) is 0 Å². The molecular formula is C8H19N2OS+. The third-order valence-electron chi connectivity index (χ3n) is 1.91. The van der Waals surface area contributed by atoms with Gasteiger partial charge >= 0.3 is 0 Å². The van der Waals surface area contributed by atoms with Crippen LogP contribution in [0, 0.1) is 0 Å². The Morgan fingerprint density at radius 1 is 1.50 bits per heavy atom. The van der Waals surface area contributed by atoms with Gasteiger partial charge < -0.3 is 4.48 Å². The summed E-state index contributed by atoms with van der Waals surface area (Å²) in [4.78, 5) is 11.3. The Bertz CT molecular complexity index is 154. The quantitative estimate of drug-likeness (QED) is 0.500. The van der Waals surface area contributed by atoms with E-state index in [-0.39, 0.29) is 11.9 Å². The molecule has 0 aromatic rings. The number of carbonyl (C=O) groups is 1. The van der Waals surface area contributed by atoms with Gasteiger partial charge in [-0.1, -0.05) is 19.7 Å². The molecule has 0 radical (unpaired) electrons. The molecule has 0 aromatic carbocycles. The highest BCUT2D eigenvalue weighted by molar-refractivity contribution is 7.78. The summed E-state index contributed by atoms with van der Waals surface area (Å²) in [6.07, 6.45) is 1.91. The van der Waals surface area contributed by atoms with Crippen molar-refractivity contribution in [2.75, 3.05) is 21.1 Å². The molecule has 0 aliphatic heterocycles. The fraction of sp³-hybridized carbons (Fsp3) is 0.875. The summed E-state index contributed by atoms with van der Waals surface area (Å²) in [7, 11) is 6.05. The number of quaternary nitrogens is 1. The first-order valence-electron chi connectivity index (χ1n) is 4.18. The lowest BCUT2D eigenvalue weighted by Crippen LogP contribution is -2.52. The van der Waals surface area contributed by atoms with E-state index in [9.17, 15) is 4.79 Å². The molecule has 0 bridgehead atoms. The Kier molecular flexibility index (Phi) is 4.63. The van der Waals surface area contributed by atoms with Crippen molar-refractivity contribution in [1.82, 2.24) is 4.72 Å². The van der Waals surface area contributed by atoms with Crippen molar-refractivity contribution in [2.24, 2.45) is 0 Å². The summed E-state index contributed by atoms with van der Waals surface area (Å²) >= 11 is 3.77. The van der Waals surface area contributed by atoms with E-state index in [1.165, 1.54) is 0 Å². The molecule has 1 unspecified atom stereocenters. The SMILES string of the molecule is CCCC(C(=O)NS)[N+](C)(C)C. The molecule has 0 rings (SSSR count). The molecule has 1 amide bonds. The Morgan fingerprint density at radius 2 is 2.00 bits per heavy atom. The van der Waals surface area contributed by atoms with E-state index in [0.717, 1.165) is 12.8 Å². The third kappa shape index (κ3) is 3.45. The molecule has 0 heterocycles. The van der Waals surface area contributed by atoms with Crippen molar-refractivity contribution in [1.29, 1.82) is 0 Å². The number of likely N-dealkylation sites (N-methyl/N-ethyl adjacent to an activating group) is 1. The van der Waals surface area contributed by atoms with Crippen molar-refractivity contribution in [3.05, 3.63) is 0 Å². The Morgan fingerprint density at radius 3 is 2.25 bits per heavy atom. The number of carbonyl (C=O) groups excluding carboxylic acids is 1. The topological polar surface area (TPSA) is 29.1 Å². The number of nitrogens with zero attached hydrogens (tertiary/aromatic N) is 1. The molecule has 4 heteroatoms. The number of hydrogen-bond acceptors (Lipinski definition) is 2. The second-order valence-corrected chi connectivity index (χ2v) is 4.12. The van der Waals surface area contributed by atoms with Gasteiger partial charge in [0, 0.05) is 6.42 Å². The second kappa shape index (κ2) is 4.72. The highest BCUT2D eigenvalue weighted by Gasteiger charge is 2.29. The molecule has 72 valence electrons. The summed E-state index contributed by atoms with van der Waals surface area (Å²) in [5.41, 5.74) is 0. The zero-order valence-electron chi connectivity index (χ0n) is 8.29. The predicted molar refractivity (Wildman–Crippen MR) is 53.9 cm³/mol. The van der Waals surface area contributed by atoms with Crippen LogP contribution in [-0.2, 0) is 4.79 Å². The zero-order valence-corrected chi connectivity index (χ0v) is 9.19. The lowest BCUT2D eigenvalue weighted by atomic mass is 10.1. The molecule has 0 saturated heterocycles. The normalized spacial score (nSPS) is 14.1. The minimum absolute atomic E-state index is 0.00694. The fourth-order valence-corrected chi connectivity index (χ4v) is 1.37. The number of rotatable bonds is 4. The van der Waals surface area contributed by atoms with Crippen LogP contribution >= 0.6 is 12.8 Å². The molecule has 0 fully saturated rings. The van der Waals surface area contributed by atoms with E-state index in [1.807, 2.05) is 21.1 Å². The summed E-state index contributed by atoms with van der Waals surface area (Å²) in [6.45, 7) is 2.08. The smallest absolute Gasteiger partial charge is 0.287 e. The monoisotopic (exact) mass is 191 g/mol. The van der Waals surface area contributed by atoms with Crippen LogP contribution in [0.25, 0.3) is 0 Å². The number of thiol groups is 1. The van der Waals surface area contributed by atoms with Gasteiger partial charge in [0.05, 0.1) is 21.1 Å². The molecule has 3 nitrogen and oxygen atoms in total. The van der Waals surface area contributed by atoms with E-state index >= 15 is 0 Å². The van der Waals surface area contributed by atoms with Crippen molar-refractivity contribution < 1.29 is 9.28 Å². The van der Waals surface area contributed by atoms with Gasteiger partial charge in [0.1, 0.15) is 0 Å². The van der Waals surface area contributed by atoms with Crippen LogP contribution in [0.2, 0.25) is 0 Å². The third-order valence-corrected chi connectivity index (χ3v) is 2.13. The highest BCUT2D eigenvalue weighted by Crippen LogP contribution is 2.10. The summed E-state index contributed by atoms with van der Waals surface area (Å²) in [6, 6.07) is 0.00694. The van der Waals surface area contributed by atoms with Gasteiger partial charge in [0.2, 0.25) is 0 Å². The molecule has 0 saturated carbocycles. The largest absolute Gasteiger partial charge is 0.321 e. The van der Waals surface area contributed by atoms with Gasteiger partial charge in [-0.25, -0.2) is 0 Å². The molecule has 0 aliphatic rings. The van der Waals surface area contributed by atoms with Gasteiger partial charge in [-0.3, -0.25) is 9.52 Å². The summed E-state index contributed by atoms with van der Waals surface area (Å²) in [5, 5.41) is 0. The maximum atomic E-state index is 11.3. The van der Waals surface area contributed by atoms with E-state index in [1.54, 1.807) is 0 Å².